The van der Waals surface area contributed by atoms with Crippen LogP contribution in [0.5, 0.6) is 0 Å². The first-order chi connectivity index (χ1) is 8.03. The van der Waals surface area contributed by atoms with E-state index in [4.69, 9.17) is 5.73 Å². The second-order valence-electron chi connectivity index (χ2n) is 4.68. The zero-order valence-corrected chi connectivity index (χ0v) is 10.6. The first-order valence-corrected chi connectivity index (χ1v) is 7.79. The van der Waals surface area contributed by atoms with Gasteiger partial charge in [0.2, 0.25) is 5.91 Å². The number of hydrogen-bond donors (Lipinski definition) is 2. The summed E-state index contributed by atoms with van der Waals surface area (Å²) in [7, 11) is -2.91. The van der Waals surface area contributed by atoms with Gasteiger partial charge >= 0.3 is 0 Å². The molecular weight excluding hydrogens is 242 g/mol. The Hall–Kier alpha value is -0.660. The van der Waals surface area contributed by atoms with Crippen LogP contribution in [-0.2, 0) is 14.6 Å². The van der Waals surface area contributed by atoms with Crippen LogP contribution in [0.4, 0.5) is 0 Å². The molecule has 6 nitrogen and oxygen atoms in total. The van der Waals surface area contributed by atoms with Crippen molar-refractivity contribution in [1.82, 2.24) is 10.2 Å². The zero-order chi connectivity index (χ0) is 12.5. The Labute approximate surface area is 101 Å². The van der Waals surface area contributed by atoms with Gasteiger partial charge in [-0.1, -0.05) is 0 Å². The van der Waals surface area contributed by atoms with Crippen molar-refractivity contribution in [1.29, 1.82) is 0 Å². The predicted molar refractivity (Wildman–Crippen MR) is 64.2 cm³/mol. The second-order valence-corrected chi connectivity index (χ2v) is 6.91. The number of hydrogen-bond acceptors (Lipinski definition) is 5. The number of nitrogens with one attached hydrogen (secondary N) is 1. The Bertz CT molecular complexity index is 396. The summed E-state index contributed by atoms with van der Waals surface area (Å²) < 4.78 is 23.0. The summed E-state index contributed by atoms with van der Waals surface area (Å²) in [5.41, 5.74) is 5.51. The van der Waals surface area contributed by atoms with E-state index in [-0.39, 0.29) is 29.5 Å². The molecule has 17 heavy (non-hydrogen) atoms. The topological polar surface area (TPSA) is 92.5 Å². The van der Waals surface area contributed by atoms with Crippen LogP contribution in [0, 0.1) is 0 Å². The highest BCUT2D eigenvalue weighted by atomic mass is 32.2. The van der Waals surface area contributed by atoms with Gasteiger partial charge in [-0.05, 0) is 19.4 Å². The minimum atomic E-state index is -2.91. The van der Waals surface area contributed by atoms with Gasteiger partial charge in [0, 0.05) is 19.1 Å². The van der Waals surface area contributed by atoms with E-state index in [2.05, 4.69) is 5.32 Å². The fraction of sp³-hybridized carbons (Fsp3) is 0.900. The van der Waals surface area contributed by atoms with Crippen LogP contribution in [-0.4, -0.2) is 62.4 Å². The van der Waals surface area contributed by atoms with Crippen LogP contribution < -0.4 is 11.1 Å². The summed E-state index contributed by atoms with van der Waals surface area (Å²) in [6.45, 7) is 1.75. The first kappa shape index (κ1) is 12.8. The monoisotopic (exact) mass is 261 g/mol. The fourth-order valence-electron chi connectivity index (χ4n) is 2.66. The molecule has 2 rings (SSSR count). The zero-order valence-electron chi connectivity index (χ0n) is 9.76. The molecule has 0 radical (unpaired) electrons. The van der Waals surface area contributed by atoms with Crippen LogP contribution in [0.25, 0.3) is 0 Å². The third-order valence-corrected chi connectivity index (χ3v) is 5.24. The first-order valence-electron chi connectivity index (χ1n) is 5.97. The fourth-order valence-corrected chi connectivity index (χ4v) is 4.40. The van der Waals surface area contributed by atoms with Gasteiger partial charge in [0.25, 0.3) is 0 Å². The third-order valence-electron chi connectivity index (χ3n) is 3.49. The molecule has 3 N–H and O–H groups in total. The lowest BCUT2D eigenvalue weighted by molar-refractivity contribution is -0.130. The van der Waals surface area contributed by atoms with E-state index in [1.165, 1.54) is 0 Å². The Balaban J connectivity index is 2.09. The van der Waals surface area contributed by atoms with Crippen molar-refractivity contribution in [2.45, 2.75) is 24.9 Å². The van der Waals surface area contributed by atoms with Gasteiger partial charge < -0.3 is 11.1 Å². The van der Waals surface area contributed by atoms with E-state index < -0.39 is 9.84 Å². The van der Waals surface area contributed by atoms with Crippen molar-refractivity contribution in [3.8, 4) is 0 Å². The molecule has 0 spiro atoms. The lowest BCUT2D eigenvalue weighted by atomic mass is 10.1. The van der Waals surface area contributed by atoms with Gasteiger partial charge in [-0.25, -0.2) is 8.42 Å². The molecule has 2 heterocycles. The van der Waals surface area contributed by atoms with E-state index in [1.54, 1.807) is 0 Å². The molecule has 2 aliphatic heterocycles. The number of nitrogens with two attached hydrogens (primary N) is 1. The highest BCUT2D eigenvalue weighted by Crippen LogP contribution is 2.22. The van der Waals surface area contributed by atoms with Crippen molar-refractivity contribution >= 4 is 15.7 Å². The normalized spacial score (nSPS) is 33.6. The number of carbonyl (C=O) groups is 1. The van der Waals surface area contributed by atoms with Gasteiger partial charge in [0.15, 0.2) is 9.84 Å². The predicted octanol–water partition coefficient (Wildman–Crippen LogP) is -1.68. The lowest BCUT2D eigenvalue weighted by Gasteiger charge is -2.38. The summed E-state index contributed by atoms with van der Waals surface area (Å²) in [6, 6.07) is -0.269. The molecule has 2 fully saturated rings. The van der Waals surface area contributed by atoms with Crippen LogP contribution in [0.2, 0.25) is 0 Å². The number of nitrogens with zero attached hydrogens (tertiary/aromatic N) is 1. The minimum absolute atomic E-state index is 0.0115. The maximum Gasteiger partial charge on any atom is 0.237 e. The van der Waals surface area contributed by atoms with Crippen molar-refractivity contribution in [2.75, 3.05) is 31.1 Å². The summed E-state index contributed by atoms with van der Waals surface area (Å²) in [5, 5.41) is 2.81. The number of piperazine rings is 1. The minimum Gasteiger partial charge on any atom is -0.353 e. The Morgan fingerprint density at radius 3 is 2.82 bits per heavy atom. The maximum atomic E-state index is 11.8. The summed E-state index contributed by atoms with van der Waals surface area (Å²) in [6.07, 6.45) is 1.22. The molecule has 0 aromatic heterocycles. The Morgan fingerprint density at radius 2 is 2.24 bits per heavy atom. The summed E-state index contributed by atoms with van der Waals surface area (Å²) in [4.78, 5) is 13.8. The van der Waals surface area contributed by atoms with Crippen LogP contribution in [0.1, 0.15) is 12.8 Å². The molecule has 0 bridgehead atoms. The molecule has 2 atom stereocenters. The number of sulfone groups is 1. The molecule has 1 amide bonds. The van der Waals surface area contributed by atoms with E-state index in [0.717, 1.165) is 6.54 Å². The average Bonchev–Trinajstić information content (AvgIpc) is 2.62. The second kappa shape index (κ2) is 4.91. The number of carbonyl (C=O) groups excluding carboxylic acids is 1. The third kappa shape index (κ3) is 2.78. The molecule has 2 saturated heterocycles. The number of rotatable bonds is 3. The largest absolute Gasteiger partial charge is 0.353 e. The highest BCUT2D eigenvalue weighted by Gasteiger charge is 2.39. The molecule has 0 aliphatic carbocycles. The summed E-state index contributed by atoms with van der Waals surface area (Å²) >= 11 is 0. The molecular formula is C10H19N3O3S. The van der Waals surface area contributed by atoms with E-state index in [1.807, 2.05) is 4.90 Å². The number of amides is 1. The quantitative estimate of drug-likeness (QED) is 0.633. The van der Waals surface area contributed by atoms with Crippen molar-refractivity contribution in [2.24, 2.45) is 5.73 Å². The van der Waals surface area contributed by atoms with Crippen LogP contribution in [0.3, 0.4) is 0 Å². The van der Waals surface area contributed by atoms with Crippen molar-refractivity contribution in [3.05, 3.63) is 0 Å². The molecule has 98 valence electrons. The van der Waals surface area contributed by atoms with Crippen molar-refractivity contribution in [3.63, 3.8) is 0 Å². The maximum absolute atomic E-state index is 11.8. The van der Waals surface area contributed by atoms with Gasteiger partial charge in [-0.3, -0.25) is 9.69 Å². The van der Waals surface area contributed by atoms with Crippen LogP contribution >= 0.6 is 0 Å². The Morgan fingerprint density at radius 1 is 1.47 bits per heavy atom. The SMILES string of the molecule is NCCC1C(=O)NCCN1C1CCS(=O)(=O)C1. The summed E-state index contributed by atoms with van der Waals surface area (Å²) in [5.74, 6) is 0.401. The van der Waals surface area contributed by atoms with E-state index >= 15 is 0 Å². The van der Waals surface area contributed by atoms with E-state index in [0.29, 0.717) is 25.9 Å². The Kier molecular flexibility index (Phi) is 3.70. The van der Waals surface area contributed by atoms with Gasteiger partial charge in [0.05, 0.1) is 17.5 Å². The smallest absolute Gasteiger partial charge is 0.237 e. The molecule has 7 heteroatoms. The highest BCUT2D eigenvalue weighted by molar-refractivity contribution is 7.91. The van der Waals surface area contributed by atoms with E-state index in [9.17, 15) is 13.2 Å². The van der Waals surface area contributed by atoms with Gasteiger partial charge in [-0.2, -0.15) is 0 Å². The molecule has 0 aromatic carbocycles. The lowest BCUT2D eigenvalue weighted by Crippen LogP contribution is -2.59. The van der Waals surface area contributed by atoms with Crippen molar-refractivity contribution < 1.29 is 13.2 Å². The standard InChI is InChI=1S/C10H19N3O3S/c11-3-1-9-10(14)12-4-5-13(9)8-2-6-17(15,16)7-8/h8-9H,1-7,11H2,(H,12,14). The van der Waals surface area contributed by atoms with Gasteiger partial charge in [-0.15, -0.1) is 0 Å². The molecule has 0 aromatic rings. The molecule has 0 saturated carbocycles. The average molecular weight is 261 g/mol. The van der Waals surface area contributed by atoms with Crippen LogP contribution in [0.15, 0.2) is 0 Å². The molecule has 2 unspecified atom stereocenters. The molecule has 2 aliphatic rings. The van der Waals surface area contributed by atoms with Gasteiger partial charge in [0.1, 0.15) is 0 Å².